The van der Waals surface area contributed by atoms with Crippen molar-refractivity contribution in [1.29, 1.82) is 0 Å². The van der Waals surface area contributed by atoms with Crippen LogP contribution in [0.5, 0.6) is 0 Å². The minimum atomic E-state index is -3.39. The van der Waals surface area contributed by atoms with Crippen LogP contribution in [0.3, 0.4) is 0 Å². The zero-order valence-electron chi connectivity index (χ0n) is 14.9. The Morgan fingerprint density at radius 1 is 1.04 bits per heavy atom. The van der Waals surface area contributed by atoms with Crippen molar-refractivity contribution in [3.8, 4) is 11.4 Å². The summed E-state index contributed by atoms with van der Waals surface area (Å²) in [6, 6.07) is 13.0. The van der Waals surface area contributed by atoms with E-state index in [0.717, 1.165) is 36.0 Å². The molecule has 6 nitrogen and oxygen atoms in total. The number of hydrogen-bond donors (Lipinski definition) is 1. The molecule has 0 saturated heterocycles. The Hall–Kier alpha value is -2.51. The topological polar surface area (TPSA) is 99.1 Å². The van der Waals surface area contributed by atoms with Gasteiger partial charge in [0.1, 0.15) is 0 Å². The Balaban J connectivity index is 1.46. The lowest BCUT2D eigenvalue weighted by Crippen LogP contribution is -2.10. The molecule has 2 aromatic carbocycles. The number of nitrogens with two attached hydrogens (primary N) is 1. The van der Waals surface area contributed by atoms with E-state index in [0.29, 0.717) is 23.2 Å². The summed E-state index contributed by atoms with van der Waals surface area (Å²) in [6.45, 7) is 0.471. The molecular formula is C20H21N3O3S. The molecule has 3 aromatic rings. The molecule has 1 aliphatic rings. The van der Waals surface area contributed by atoms with Gasteiger partial charge in [-0.1, -0.05) is 35.5 Å². The average molecular weight is 383 g/mol. The molecule has 0 aliphatic heterocycles. The van der Waals surface area contributed by atoms with Crippen molar-refractivity contribution in [2.24, 2.45) is 5.73 Å². The van der Waals surface area contributed by atoms with E-state index in [4.69, 9.17) is 10.3 Å². The molecule has 2 N–H and O–H groups in total. The van der Waals surface area contributed by atoms with Crippen molar-refractivity contribution < 1.29 is 12.9 Å². The average Bonchev–Trinajstić information content (AvgIpc) is 3.35. The smallest absolute Gasteiger partial charge is 0.227 e. The van der Waals surface area contributed by atoms with Gasteiger partial charge in [0.2, 0.25) is 11.7 Å². The zero-order chi connectivity index (χ0) is 18.9. The van der Waals surface area contributed by atoms with Gasteiger partial charge in [-0.15, -0.1) is 0 Å². The summed E-state index contributed by atoms with van der Waals surface area (Å²) in [6.07, 6.45) is 3.27. The minimum Gasteiger partial charge on any atom is -0.339 e. The van der Waals surface area contributed by atoms with E-state index >= 15 is 0 Å². The number of fused-ring (bicyclic) bond motifs is 1. The molecule has 1 aromatic heterocycles. The van der Waals surface area contributed by atoms with Gasteiger partial charge in [0, 0.05) is 18.5 Å². The zero-order valence-corrected chi connectivity index (χ0v) is 15.7. The Morgan fingerprint density at radius 2 is 1.81 bits per heavy atom. The second-order valence-electron chi connectivity index (χ2n) is 6.77. The number of benzene rings is 2. The molecule has 1 heterocycles. The van der Waals surface area contributed by atoms with Gasteiger partial charge in [0.05, 0.1) is 10.6 Å². The number of rotatable bonds is 6. The van der Waals surface area contributed by atoms with Crippen molar-refractivity contribution in [3.63, 3.8) is 0 Å². The fraction of sp³-hybridized carbons (Fsp3) is 0.300. The Labute approximate surface area is 158 Å². The number of aromatic nitrogens is 2. The molecular weight excluding hydrogens is 362 g/mol. The predicted octanol–water partition coefficient (Wildman–Crippen LogP) is 2.70. The second kappa shape index (κ2) is 7.25. The highest BCUT2D eigenvalue weighted by Gasteiger charge is 2.20. The van der Waals surface area contributed by atoms with E-state index in [-0.39, 0.29) is 12.2 Å². The van der Waals surface area contributed by atoms with Crippen LogP contribution in [0.1, 0.15) is 29.0 Å². The lowest BCUT2D eigenvalue weighted by Gasteiger charge is -2.05. The van der Waals surface area contributed by atoms with Crippen molar-refractivity contribution in [2.45, 2.75) is 37.1 Å². The maximum atomic E-state index is 12.7. The molecule has 7 heteroatoms. The van der Waals surface area contributed by atoms with Crippen LogP contribution >= 0.6 is 0 Å². The fourth-order valence-corrected chi connectivity index (χ4v) is 4.62. The summed E-state index contributed by atoms with van der Waals surface area (Å²) in [5.74, 6) is 0.709. The van der Waals surface area contributed by atoms with Crippen LogP contribution < -0.4 is 5.73 Å². The van der Waals surface area contributed by atoms with Gasteiger partial charge in [-0.2, -0.15) is 4.98 Å². The van der Waals surface area contributed by atoms with E-state index in [2.05, 4.69) is 10.1 Å². The Bertz CT molecular complexity index is 1060. The van der Waals surface area contributed by atoms with Crippen LogP contribution in [0.15, 0.2) is 51.9 Å². The molecule has 0 spiro atoms. The third kappa shape index (κ3) is 3.79. The predicted molar refractivity (Wildman–Crippen MR) is 102 cm³/mol. The molecule has 27 heavy (non-hydrogen) atoms. The van der Waals surface area contributed by atoms with Crippen molar-refractivity contribution in [1.82, 2.24) is 10.1 Å². The lowest BCUT2D eigenvalue weighted by molar-refractivity contribution is 0.382. The van der Waals surface area contributed by atoms with Crippen molar-refractivity contribution in [2.75, 3.05) is 5.75 Å². The number of nitrogens with zero attached hydrogens (tertiary/aromatic N) is 2. The van der Waals surface area contributed by atoms with Gasteiger partial charge in [-0.05, 0) is 48.1 Å². The van der Waals surface area contributed by atoms with Gasteiger partial charge in [0.15, 0.2) is 9.84 Å². The lowest BCUT2D eigenvalue weighted by atomic mass is 10.1. The van der Waals surface area contributed by atoms with Gasteiger partial charge in [-0.3, -0.25) is 0 Å². The van der Waals surface area contributed by atoms with Gasteiger partial charge >= 0.3 is 0 Å². The highest BCUT2D eigenvalue weighted by atomic mass is 32.2. The molecule has 0 radical (unpaired) electrons. The highest BCUT2D eigenvalue weighted by Crippen LogP contribution is 2.25. The van der Waals surface area contributed by atoms with E-state index < -0.39 is 9.84 Å². The molecule has 0 fully saturated rings. The van der Waals surface area contributed by atoms with Crippen LogP contribution in [0, 0.1) is 0 Å². The summed E-state index contributed by atoms with van der Waals surface area (Å²) < 4.78 is 30.5. The van der Waals surface area contributed by atoms with Crippen LogP contribution in [0.2, 0.25) is 0 Å². The molecule has 0 amide bonds. The minimum absolute atomic E-state index is 0.0560. The maximum absolute atomic E-state index is 12.7. The second-order valence-corrected chi connectivity index (χ2v) is 8.87. The molecule has 4 rings (SSSR count). The third-order valence-corrected chi connectivity index (χ3v) is 6.64. The van der Waals surface area contributed by atoms with E-state index in [1.807, 2.05) is 36.4 Å². The van der Waals surface area contributed by atoms with Crippen molar-refractivity contribution >= 4 is 9.84 Å². The molecule has 1 aliphatic carbocycles. The quantitative estimate of drug-likeness (QED) is 0.703. The molecule has 0 atom stereocenters. The molecule has 0 saturated carbocycles. The molecule has 0 unspecified atom stereocenters. The maximum Gasteiger partial charge on any atom is 0.227 e. The molecule has 140 valence electrons. The fourth-order valence-electron chi connectivity index (χ4n) is 3.34. The van der Waals surface area contributed by atoms with Gasteiger partial charge < -0.3 is 10.3 Å². The number of sulfone groups is 1. The van der Waals surface area contributed by atoms with Gasteiger partial charge in [-0.25, -0.2) is 8.42 Å². The Kier molecular flexibility index (Phi) is 4.80. The van der Waals surface area contributed by atoms with E-state index in [1.165, 1.54) is 5.56 Å². The molecule has 0 bridgehead atoms. The van der Waals surface area contributed by atoms with Crippen LogP contribution in [0.25, 0.3) is 11.4 Å². The summed E-state index contributed by atoms with van der Waals surface area (Å²) in [4.78, 5) is 4.69. The highest BCUT2D eigenvalue weighted by molar-refractivity contribution is 7.91. The number of aryl methyl sites for hydroxylation is 3. The van der Waals surface area contributed by atoms with Crippen LogP contribution in [0.4, 0.5) is 0 Å². The first-order valence-electron chi connectivity index (χ1n) is 9.02. The summed E-state index contributed by atoms with van der Waals surface area (Å²) in [5.41, 5.74) is 9.83. The largest absolute Gasteiger partial charge is 0.339 e. The summed E-state index contributed by atoms with van der Waals surface area (Å²) in [7, 11) is -3.39. The number of hydrogen-bond acceptors (Lipinski definition) is 6. The van der Waals surface area contributed by atoms with E-state index in [9.17, 15) is 8.42 Å². The monoisotopic (exact) mass is 383 g/mol. The first kappa shape index (κ1) is 17.9. The SMILES string of the molecule is NCc1ccc(-c2noc(CCS(=O)(=O)c3ccc4c(c3)CCC4)n2)cc1. The summed E-state index contributed by atoms with van der Waals surface area (Å²) in [5, 5.41) is 3.95. The van der Waals surface area contributed by atoms with Crippen LogP contribution in [-0.2, 0) is 35.6 Å². The third-order valence-electron chi connectivity index (χ3n) is 4.93. The first-order chi connectivity index (χ1) is 13.0. The Morgan fingerprint density at radius 3 is 2.59 bits per heavy atom. The summed E-state index contributed by atoms with van der Waals surface area (Å²) >= 11 is 0. The standard InChI is InChI=1S/C20H21N3O3S/c21-13-14-4-6-16(7-5-14)20-22-19(26-23-20)10-11-27(24,25)18-9-8-15-2-1-3-17(15)12-18/h4-9,12H,1-3,10-11,13,21H2. The van der Waals surface area contributed by atoms with Crippen LogP contribution in [-0.4, -0.2) is 24.3 Å². The van der Waals surface area contributed by atoms with E-state index in [1.54, 1.807) is 6.07 Å². The normalized spacial score (nSPS) is 13.7. The van der Waals surface area contributed by atoms with Gasteiger partial charge in [0.25, 0.3) is 0 Å². The van der Waals surface area contributed by atoms with Crippen molar-refractivity contribution in [3.05, 3.63) is 65.0 Å². The first-order valence-corrected chi connectivity index (χ1v) is 10.7.